The number of allylic oxidation sites excluding steroid dienone is 3. The molecule has 0 radical (unpaired) electrons. The van der Waals surface area contributed by atoms with Gasteiger partial charge in [0.25, 0.3) is 0 Å². The van der Waals surface area contributed by atoms with Crippen molar-refractivity contribution in [3.8, 4) is 0 Å². The van der Waals surface area contributed by atoms with Crippen molar-refractivity contribution in [3.63, 3.8) is 0 Å². The van der Waals surface area contributed by atoms with Crippen molar-refractivity contribution in [2.75, 3.05) is 6.61 Å². The highest BCUT2D eigenvalue weighted by molar-refractivity contribution is 5.82. The van der Waals surface area contributed by atoms with E-state index in [-0.39, 0.29) is 5.97 Å². The van der Waals surface area contributed by atoms with Crippen molar-refractivity contribution in [1.82, 2.24) is 0 Å². The first-order chi connectivity index (χ1) is 7.10. The predicted molar refractivity (Wildman–Crippen MR) is 63.7 cm³/mol. The molecule has 15 heavy (non-hydrogen) atoms. The molecular formula is C13H22O2. The van der Waals surface area contributed by atoms with Crippen molar-refractivity contribution in [1.29, 1.82) is 0 Å². The van der Waals surface area contributed by atoms with E-state index in [2.05, 4.69) is 26.8 Å². The predicted octanol–water partition coefficient (Wildman–Crippen LogP) is 3.63. The number of ether oxygens (including phenoxy) is 1. The molecule has 0 spiro atoms. The Bertz CT molecular complexity index is 245. The molecule has 0 saturated carbocycles. The maximum Gasteiger partial charge on any atom is 0.330 e. The monoisotopic (exact) mass is 210 g/mol. The highest BCUT2D eigenvalue weighted by atomic mass is 16.5. The third-order valence-electron chi connectivity index (χ3n) is 2.08. The Hall–Kier alpha value is -1.05. The van der Waals surface area contributed by atoms with Crippen LogP contribution in [0.2, 0.25) is 0 Å². The maximum absolute atomic E-state index is 11.2. The number of hydrogen-bond acceptors (Lipinski definition) is 2. The SMILES string of the molecule is CCOC(=O)C=C(CC)CCC=C(C)C. The van der Waals surface area contributed by atoms with Crippen LogP contribution in [0.4, 0.5) is 0 Å². The number of esters is 1. The zero-order chi connectivity index (χ0) is 11.7. The second kappa shape index (κ2) is 8.27. The van der Waals surface area contributed by atoms with Gasteiger partial charge in [-0.3, -0.25) is 0 Å². The van der Waals surface area contributed by atoms with E-state index in [1.165, 1.54) is 5.57 Å². The topological polar surface area (TPSA) is 26.3 Å². The van der Waals surface area contributed by atoms with E-state index in [1.807, 2.05) is 6.92 Å². The quantitative estimate of drug-likeness (QED) is 0.380. The molecule has 86 valence electrons. The molecule has 0 saturated heterocycles. The van der Waals surface area contributed by atoms with Gasteiger partial charge in [-0.05, 0) is 40.0 Å². The lowest BCUT2D eigenvalue weighted by atomic mass is 10.1. The number of rotatable bonds is 6. The minimum absolute atomic E-state index is 0.216. The van der Waals surface area contributed by atoms with Crippen molar-refractivity contribution in [2.24, 2.45) is 0 Å². The fourth-order valence-corrected chi connectivity index (χ4v) is 1.25. The first kappa shape index (κ1) is 13.9. The minimum atomic E-state index is -0.216. The van der Waals surface area contributed by atoms with E-state index in [0.717, 1.165) is 24.8 Å². The van der Waals surface area contributed by atoms with Gasteiger partial charge in [0.15, 0.2) is 0 Å². The number of hydrogen-bond donors (Lipinski definition) is 0. The maximum atomic E-state index is 11.2. The van der Waals surface area contributed by atoms with Gasteiger partial charge in [-0.25, -0.2) is 4.79 Å². The van der Waals surface area contributed by atoms with Crippen LogP contribution in [0, 0.1) is 0 Å². The van der Waals surface area contributed by atoms with E-state index >= 15 is 0 Å². The first-order valence-electron chi connectivity index (χ1n) is 5.59. The van der Waals surface area contributed by atoms with Crippen LogP contribution in [-0.4, -0.2) is 12.6 Å². The first-order valence-corrected chi connectivity index (χ1v) is 5.59. The van der Waals surface area contributed by atoms with Crippen molar-refractivity contribution < 1.29 is 9.53 Å². The van der Waals surface area contributed by atoms with Gasteiger partial charge in [0.05, 0.1) is 6.61 Å². The number of carbonyl (C=O) groups excluding carboxylic acids is 1. The van der Waals surface area contributed by atoms with E-state index < -0.39 is 0 Å². The summed E-state index contributed by atoms with van der Waals surface area (Å²) >= 11 is 0. The van der Waals surface area contributed by atoms with Crippen LogP contribution < -0.4 is 0 Å². The Morgan fingerprint density at radius 2 is 1.93 bits per heavy atom. The second-order valence-electron chi connectivity index (χ2n) is 3.73. The third-order valence-corrected chi connectivity index (χ3v) is 2.08. The fraction of sp³-hybridized carbons (Fsp3) is 0.615. The summed E-state index contributed by atoms with van der Waals surface area (Å²) in [5, 5.41) is 0. The molecule has 0 N–H and O–H groups in total. The Balaban J connectivity index is 4.12. The Morgan fingerprint density at radius 3 is 2.40 bits per heavy atom. The molecule has 0 rings (SSSR count). The van der Waals surface area contributed by atoms with Crippen molar-refractivity contribution in [3.05, 3.63) is 23.3 Å². The van der Waals surface area contributed by atoms with Gasteiger partial charge in [0, 0.05) is 6.08 Å². The summed E-state index contributed by atoms with van der Waals surface area (Å²) < 4.78 is 4.87. The summed E-state index contributed by atoms with van der Waals surface area (Å²) in [6, 6.07) is 0. The second-order valence-corrected chi connectivity index (χ2v) is 3.73. The van der Waals surface area contributed by atoms with Gasteiger partial charge in [-0.15, -0.1) is 0 Å². The van der Waals surface area contributed by atoms with Crippen molar-refractivity contribution >= 4 is 5.97 Å². The molecule has 0 heterocycles. The van der Waals surface area contributed by atoms with Crippen molar-refractivity contribution in [2.45, 2.75) is 47.0 Å². The Morgan fingerprint density at radius 1 is 1.27 bits per heavy atom. The summed E-state index contributed by atoms with van der Waals surface area (Å²) in [7, 11) is 0. The van der Waals surface area contributed by atoms with E-state index in [0.29, 0.717) is 6.61 Å². The molecule has 0 aliphatic rings. The summed E-state index contributed by atoms with van der Waals surface area (Å²) in [6.45, 7) is 8.50. The molecule has 0 bridgehead atoms. The molecule has 0 amide bonds. The average molecular weight is 210 g/mol. The molecule has 0 aromatic rings. The van der Waals surface area contributed by atoms with Crippen LogP contribution in [0.3, 0.4) is 0 Å². The van der Waals surface area contributed by atoms with Crippen LogP contribution in [0.25, 0.3) is 0 Å². The molecule has 0 unspecified atom stereocenters. The number of carbonyl (C=O) groups is 1. The summed E-state index contributed by atoms with van der Waals surface area (Å²) in [4.78, 5) is 11.2. The normalized spacial score (nSPS) is 11.1. The molecule has 0 fully saturated rings. The molecule has 0 aliphatic carbocycles. The lowest BCUT2D eigenvalue weighted by Crippen LogP contribution is -2.01. The minimum Gasteiger partial charge on any atom is -0.463 e. The largest absolute Gasteiger partial charge is 0.463 e. The van der Waals surface area contributed by atoms with Crippen LogP contribution in [-0.2, 0) is 9.53 Å². The molecule has 0 aliphatic heterocycles. The van der Waals surface area contributed by atoms with Crippen LogP contribution in [0.1, 0.15) is 47.0 Å². The Kier molecular flexibility index (Phi) is 7.69. The van der Waals surface area contributed by atoms with E-state index in [4.69, 9.17) is 4.74 Å². The lowest BCUT2D eigenvalue weighted by Gasteiger charge is -2.03. The van der Waals surface area contributed by atoms with E-state index in [1.54, 1.807) is 6.08 Å². The molecular weight excluding hydrogens is 188 g/mol. The molecule has 0 aromatic heterocycles. The fourth-order valence-electron chi connectivity index (χ4n) is 1.25. The summed E-state index contributed by atoms with van der Waals surface area (Å²) in [6.07, 6.45) is 6.67. The smallest absolute Gasteiger partial charge is 0.330 e. The van der Waals surface area contributed by atoms with Gasteiger partial charge in [0.1, 0.15) is 0 Å². The van der Waals surface area contributed by atoms with Gasteiger partial charge >= 0.3 is 5.97 Å². The molecule has 2 heteroatoms. The zero-order valence-electron chi connectivity index (χ0n) is 10.3. The summed E-state index contributed by atoms with van der Waals surface area (Å²) in [5.41, 5.74) is 2.48. The summed E-state index contributed by atoms with van der Waals surface area (Å²) in [5.74, 6) is -0.216. The lowest BCUT2D eigenvalue weighted by molar-refractivity contribution is -0.137. The highest BCUT2D eigenvalue weighted by Gasteiger charge is 1.99. The van der Waals surface area contributed by atoms with Crippen LogP contribution in [0.5, 0.6) is 0 Å². The Labute approximate surface area is 93.0 Å². The van der Waals surface area contributed by atoms with Gasteiger partial charge in [-0.2, -0.15) is 0 Å². The average Bonchev–Trinajstić information content (AvgIpc) is 2.16. The molecule has 0 atom stereocenters. The van der Waals surface area contributed by atoms with Gasteiger partial charge in [-0.1, -0.05) is 24.1 Å². The highest BCUT2D eigenvalue weighted by Crippen LogP contribution is 2.11. The van der Waals surface area contributed by atoms with Gasteiger partial charge in [0.2, 0.25) is 0 Å². The molecule has 2 nitrogen and oxygen atoms in total. The van der Waals surface area contributed by atoms with Crippen LogP contribution >= 0.6 is 0 Å². The zero-order valence-corrected chi connectivity index (χ0v) is 10.3. The van der Waals surface area contributed by atoms with Gasteiger partial charge < -0.3 is 4.74 Å². The standard InChI is InChI=1S/C13H22O2/c1-5-12(9-7-8-11(3)4)10-13(14)15-6-2/h8,10H,5-7,9H2,1-4H3. The van der Waals surface area contributed by atoms with E-state index in [9.17, 15) is 4.79 Å². The molecule has 0 aromatic carbocycles. The third kappa shape index (κ3) is 7.98. The van der Waals surface area contributed by atoms with Crippen LogP contribution in [0.15, 0.2) is 23.3 Å².